The van der Waals surface area contributed by atoms with Crippen LogP contribution in [0.3, 0.4) is 0 Å². The largest absolute Gasteiger partial charge is 0.444 e. The van der Waals surface area contributed by atoms with E-state index in [0.717, 1.165) is 10.8 Å². The molecule has 0 spiro atoms. The lowest BCUT2D eigenvalue weighted by atomic mass is 9.87. The second-order valence-electron chi connectivity index (χ2n) is 11.7. The zero-order chi connectivity index (χ0) is 27.3. The van der Waals surface area contributed by atoms with Gasteiger partial charge in [-0.1, -0.05) is 26.8 Å². The number of aromatic nitrogens is 1. The summed E-state index contributed by atoms with van der Waals surface area (Å²) in [5.41, 5.74) is -0.752. The predicted molar refractivity (Wildman–Crippen MR) is 147 cm³/mol. The Kier molecular flexibility index (Phi) is 10.1. The highest BCUT2D eigenvalue weighted by atomic mass is 32.2. The van der Waals surface area contributed by atoms with Crippen LogP contribution in [-0.2, 0) is 19.2 Å². The number of benzene rings is 1. The molecule has 0 bridgehead atoms. The fourth-order valence-electron chi connectivity index (χ4n) is 3.82. The quantitative estimate of drug-likeness (QED) is 0.431. The Morgan fingerprint density at radius 2 is 1.78 bits per heavy atom. The first-order valence-electron chi connectivity index (χ1n) is 12.5. The van der Waals surface area contributed by atoms with Crippen LogP contribution < -0.4 is 4.72 Å². The van der Waals surface area contributed by atoms with E-state index in [2.05, 4.69) is 43.6 Å². The topological polar surface area (TPSA) is 97.8 Å². The van der Waals surface area contributed by atoms with Crippen molar-refractivity contribution < 1.29 is 22.4 Å². The summed E-state index contributed by atoms with van der Waals surface area (Å²) in [5, 5.41) is 1.65. The van der Waals surface area contributed by atoms with Crippen molar-refractivity contribution in [3.8, 4) is 0 Å². The molecule has 8 nitrogen and oxygen atoms in total. The summed E-state index contributed by atoms with van der Waals surface area (Å²) in [5.74, 6) is 0. The van der Waals surface area contributed by atoms with Gasteiger partial charge in [-0.05, 0) is 76.2 Å². The number of rotatable bonds is 10. The molecule has 0 radical (unpaired) electrons. The summed E-state index contributed by atoms with van der Waals surface area (Å²) in [4.78, 5) is 18.9. The molecule has 2 aromatic rings. The number of hydrogen-bond donors (Lipinski definition) is 1. The first-order chi connectivity index (χ1) is 16.5. The van der Waals surface area contributed by atoms with Gasteiger partial charge in [-0.2, -0.15) is 0 Å². The standard InChI is InChI=1S/C26H43N3O5SSi/c1-19(28-35(31,32)22-11-10-21-17-27-14-12-20(21)16-22)18-29(24(30)33-26(5,6)7)15-13-23(25(2,3)4)34-36(8)9/h10-12,14,16-17,19,23,28,36H,13,15,18H2,1-9H3/t19-,23?/m0/s1. The molecular weight excluding hydrogens is 494 g/mol. The number of nitrogens with one attached hydrogen (secondary N) is 1. The number of pyridine rings is 1. The molecule has 1 amide bonds. The van der Waals surface area contributed by atoms with Crippen molar-refractivity contribution in [2.45, 2.75) is 90.6 Å². The van der Waals surface area contributed by atoms with Gasteiger partial charge in [0.1, 0.15) is 5.60 Å². The number of carbonyl (C=O) groups is 1. The Hall–Kier alpha value is -2.01. The number of nitrogens with zero attached hydrogens (tertiary/aromatic N) is 2. The van der Waals surface area contributed by atoms with Crippen LogP contribution in [0.5, 0.6) is 0 Å². The fourth-order valence-corrected chi connectivity index (χ4v) is 6.29. The highest BCUT2D eigenvalue weighted by Crippen LogP contribution is 2.26. The van der Waals surface area contributed by atoms with E-state index in [1.54, 1.807) is 48.5 Å². The average molecular weight is 538 g/mol. The van der Waals surface area contributed by atoms with Crippen molar-refractivity contribution in [2.75, 3.05) is 13.1 Å². The Morgan fingerprint density at radius 3 is 2.36 bits per heavy atom. The third-order valence-corrected chi connectivity index (χ3v) is 7.95. The van der Waals surface area contributed by atoms with Gasteiger partial charge in [0.25, 0.3) is 0 Å². The third kappa shape index (κ3) is 9.46. The molecule has 202 valence electrons. The molecule has 1 unspecified atom stereocenters. The molecule has 36 heavy (non-hydrogen) atoms. The molecule has 1 aromatic carbocycles. The molecular formula is C26H43N3O5SSi. The lowest BCUT2D eigenvalue weighted by Crippen LogP contribution is -2.47. The minimum absolute atomic E-state index is 0.0202. The summed E-state index contributed by atoms with van der Waals surface area (Å²) >= 11 is 0. The van der Waals surface area contributed by atoms with Crippen LogP contribution in [0.4, 0.5) is 4.79 Å². The molecule has 0 saturated carbocycles. The molecule has 0 aliphatic heterocycles. The lowest BCUT2D eigenvalue weighted by molar-refractivity contribution is 0.0165. The molecule has 0 saturated heterocycles. The average Bonchev–Trinajstić information content (AvgIpc) is 2.72. The minimum atomic E-state index is -3.80. The number of sulfonamides is 1. The van der Waals surface area contributed by atoms with Crippen molar-refractivity contribution in [1.82, 2.24) is 14.6 Å². The molecule has 1 N–H and O–H groups in total. The van der Waals surface area contributed by atoms with E-state index < -0.39 is 36.8 Å². The second kappa shape index (κ2) is 12.0. The maximum Gasteiger partial charge on any atom is 0.410 e. The summed E-state index contributed by atoms with van der Waals surface area (Å²) in [6, 6.07) is 6.16. The number of amides is 1. The molecule has 2 rings (SSSR count). The monoisotopic (exact) mass is 537 g/mol. The molecule has 0 fully saturated rings. The van der Waals surface area contributed by atoms with Gasteiger partial charge >= 0.3 is 6.09 Å². The second-order valence-corrected chi connectivity index (χ2v) is 15.7. The molecule has 0 aliphatic carbocycles. The van der Waals surface area contributed by atoms with Gasteiger partial charge in [-0.3, -0.25) is 4.98 Å². The predicted octanol–water partition coefficient (Wildman–Crippen LogP) is 4.94. The van der Waals surface area contributed by atoms with Crippen molar-refractivity contribution in [3.05, 3.63) is 36.7 Å². The van der Waals surface area contributed by atoms with Crippen LogP contribution in [0.15, 0.2) is 41.6 Å². The molecule has 10 heteroatoms. The van der Waals surface area contributed by atoms with Crippen LogP contribution in [0, 0.1) is 5.41 Å². The summed E-state index contributed by atoms with van der Waals surface area (Å²) in [6.45, 7) is 18.4. The minimum Gasteiger partial charge on any atom is -0.444 e. The van der Waals surface area contributed by atoms with E-state index in [9.17, 15) is 13.2 Å². The van der Waals surface area contributed by atoms with E-state index in [1.807, 2.05) is 20.8 Å². The van der Waals surface area contributed by atoms with Crippen molar-refractivity contribution in [1.29, 1.82) is 0 Å². The Bertz CT molecular complexity index is 1130. The SMILES string of the molecule is C[C@@H](CN(CCC(O[SiH](C)C)C(C)(C)C)C(=O)OC(C)(C)C)NS(=O)(=O)c1ccc2cnccc2c1. The summed E-state index contributed by atoms with van der Waals surface area (Å²) in [6.07, 6.45) is 3.46. The Balaban J connectivity index is 2.18. The highest BCUT2D eigenvalue weighted by Gasteiger charge is 2.30. The Morgan fingerprint density at radius 1 is 1.11 bits per heavy atom. The molecule has 1 aromatic heterocycles. The lowest BCUT2D eigenvalue weighted by Gasteiger charge is -2.35. The van der Waals surface area contributed by atoms with E-state index in [0.29, 0.717) is 13.0 Å². The van der Waals surface area contributed by atoms with Crippen molar-refractivity contribution >= 4 is 35.9 Å². The highest BCUT2D eigenvalue weighted by molar-refractivity contribution is 7.89. The van der Waals surface area contributed by atoms with Gasteiger partial charge in [0.2, 0.25) is 10.0 Å². The van der Waals surface area contributed by atoms with E-state index in [1.165, 1.54) is 0 Å². The zero-order valence-corrected chi connectivity index (χ0v) is 25.1. The van der Waals surface area contributed by atoms with Crippen LogP contribution in [0.1, 0.15) is 54.9 Å². The van der Waals surface area contributed by atoms with Gasteiger partial charge in [-0.25, -0.2) is 17.9 Å². The number of hydrogen-bond acceptors (Lipinski definition) is 6. The van der Waals surface area contributed by atoms with E-state index >= 15 is 0 Å². The molecule has 2 atom stereocenters. The van der Waals surface area contributed by atoms with E-state index in [-0.39, 0.29) is 23.0 Å². The van der Waals surface area contributed by atoms with Crippen molar-refractivity contribution in [2.24, 2.45) is 5.41 Å². The van der Waals surface area contributed by atoms with Crippen LogP contribution >= 0.6 is 0 Å². The number of fused-ring (bicyclic) bond motifs is 1. The normalized spacial score (nSPS) is 14.6. The fraction of sp³-hybridized carbons (Fsp3) is 0.615. The smallest absolute Gasteiger partial charge is 0.410 e. The van der Waals surface area contributed by atoms with Gasteiger partial charge in [0.15, 0.2) is 9.04 Å². The number of ether oxygens (including phenoxy) is 1. The molecule has 1 heterocycles. The van der Waals surface area contributed by atoms with Crippen LogP contribution in [-0.4, -0.2) is 64.3 Å². The maximum absolute atomic E-state index is 13.1. The zero-order valence-electron chi connectivity index (χ0n) is 23.2. The molecule has 0 aliphatic rings. The van der Waals surface area contributed by atoms with Crippen molar-refractivity contribution in [3.63, 3.8) is 0 Å². The van der Waals surface area contributed by atoms with Gasteiger partial charge < -0.3 is 14.1 Å². The first kappa shape index (κ1) is 30.2. The van der Waals surface area contributed by atoms with Gasteiger partial charge in [0.05, 0.1) is 11.0 Å². The van der Waals surface area contributed by atoms with Crippen LogP contribution in [0.2, 0.25) is 13.1 Å². The van der Waals surface area contributed by atoms with Gasteiger partial charge in [0, 0.05) is 36.9 Å². The van der Waals surface area contributed by atoms with Gasteiger partial charge in [-0.15, -0.1) is 0 Å². The Labute approximate surface area is 218 Å². The third-order valence-electron chi connectivity index (χ3n) is 5.49. The first-order valence-corrected chi connectivity index (χ1v) is 16.7. The number of carbonyl (C=O) groups excluding carboxylic acids is 1. The summed E-state index contributed by atoms with van der Waals surface area (Å²) < 4.78 is 40.8. The van der Waals surface area contributed by atoms with Crippen LogP contribution in [0.25, 0.3) is 10.8 Å². The van der Waals surface area contributed by atoms with E-state index in [4.69, 9.17) is 9.16 Å². The maximum atomic E-state index is 13.1. The summed E-state index contributed by atoms with van der Waals surface area (Å²) in [7, 11) is -5.09.